The van der Waals surface area contributed by atoms with Crippen molar-refractivity contribution in [2.75, 3.05) is 6.54 Å². The van der Waals surface area contributed by atoms with Crippen molar-refractivity contribution in [3.8, 4) is 0 Å². The molecule has 0 atom stereocenters. The van der Waals surface area contributed by atoms with Crippen LogP contribution in [0.3, 0.4) is 0 Å². The number of carbonyl (C=O) groups is 2. The van der Waals surface area contributed by atoms with Gasteiger partial charge in [0.25, 0.3) is 0 Å². The SMILES string of the molecule is CC(C)(C)OC(=O)NCC(=Cc1cc(F)cc(C(=O)O)c1)B1OC(C)(C)C(C)(C)O1. The summed E-state index contributed by atoms with van der Waals surface area (Å²) in [6.07, 6.45) is 0.921. The van der Waals surface area contributed by atoms with E-state index in [9.17, 15) is 19.1 Å². The Bertz CT molecular complexity index is 844. The van der Waals surface area contributed by atoms with Crippen LogP contribution in [0, 0.1) is 5.82 Å². The fraction of sp³-hybridized carbons (Fsp3) is 0.524. The summed E-state index contributed by atoms with van der Waals surface area (Å²) in [5.41, 5.74) is -1.32. The summed E-state index contributed by atoms with van der Waals surface area (Å²) in [6.45, 7) is 12.8. The van der Waals surface area contributed by atoms with Crippen LogP contribution in [0.2, 0.25) is 0 Å². The minimum Gasteiger partial charge on any atom is -0.478 e. The van der Waals surface area contributed by atoms with Crippen molar-refractivity contribution in [1.82, 2.24) is 5.32 Å². The quantitative estimate of drug-likeness (QED) is 0.697. The summed E-state index contributed by atoms with van der Waals surface area (Å²) in [5.74, 6) is -1.93. The van der Waals surface area contributed by atoms with Crippen molar-refractivity contribution < 1.29 is 33.1 Å². The third kappa shape index (κ3) is 6.06. The molecular formula is C21H29BFNO6. The van der Waals surface area contributed by atoms with Crippen LogP contribution in [-0.2, 0) is 14.0 Å². The first-order valence-corrected chi connectivity index (χ1v) is 9.66. The third-order valence-corrected chi connectivity index (χ3v) is 4.91. The number of ether oxygens (including phenoxy) is 1. The molecule has 0 spiro atoms. The van der Waals surface area contributed by atoms with Gasteiger partial charge >= 0.3 is 19.2 Å². The number of nitrogens with one attached hydrogen (secondary N) is 1. The van der Waals surface area contributed by atoms with E-state index in [4.69, 9.17) is 14.0 Å². The minimum atomic E-state index is -1.24. The summed E-state index contributed by atoms with van der Waals surface area (Å²) in [7, 11) is -0.818. The molecule has 1 aliphatic heterocycles. The summed E-state index contributed by atoms with van der Waals surface area (Å²) < 4.78 is 31.3. The zero-order valence-corrected chi connectivity index (χ0v) is 18.5. The number of hydrogen-bond donors (Lipinski definition) is 2. The molecule has 0 saturated carbocycles. The Morgan fingerprint density at radius 3 is 2.23 bits per heavy atom. The molecule has 7 nitrogen and oxygen atoms in total. The number of carbonyl (C=O) groups excluding carboxylic acids is 1. The van der Waals surface area contributed by atoms with Gasteiger partial charge in [-0.2, -0.15) is 0 Å². The average Bonchev–Trinajstić information content (AvgIpc) is 2.77. The zero-order valence-electron chi connectivity index (χ0n) is 18.5. The highest BCUT2D eigenvalue weighted by molar-refractivity contribution is 6.56. The first-order chi connectivity index (χ1) is 13.6. The highest BCUT2D eigenvalue weighted by Crippen LogP contribution is 2.38. The molecule has 0 bridgehead atoms. The summed E-state index contributed by atoms with van der Waals surface area (Å²) in [6, 6.07) is 3.47. The molecule has 164 valence electrons. The van der Waals surface area contributed by atoms with Gasteiger partial charge in [-0.3, -0.25) is 0 Å². The summed E-state index contributed by atoms with van der Waals surface area (Å²) in [5, 5.41) is 11.8. The van der Waals surface area contributed by atoms with Crippen molar-refractivity contribution in [2.45, 2.75) is 65.3 Å². The van der Waals surface area contributed by atoms with E-state index in [2.05, 4.69) is 5.32 Å². The van der Waals surface area contributed by atoms with Gasteiger partial charge in [0, 0.05) is 6.54 Å². The molecule has 1 heterocycles. The predicted octanol–water partition coefficient (Wildman–Crippen LogP) is 4.06. The van der Waals surface area contributed by atoms with Crippen molar-refractivity contribution in [1.29, 1.82) is 0 Å². The lowest BCUT2D eigenvalue weighted by atomic mass is 9.77. The number of aromatic carboxylic acids is 1. The number of carboxylic acids is 1. The van der Waals surface area contributed by atoms with Gasteiger partial charge in [-0.05, 0) is 77.7 Å². The second kappa shape index (κ2) is 8.39. The molecule has 1 fully saturated rings. The molecule has 9 heteroatoms. The Morgan fingerprint density at radius 2 is 1.73 bits per heavy atom. The molecule has 0 aromatic heterocycles. The maximum Gasteiger partial charge on any atom is 0.492 e. The first-order valence-electron chi connectivity index (χ1n) is 9.66. The van der Waals surface area contributed by atoms with E-state index in [1.807, 2.05) is 27.7 Å². The smallest absolute Gasteiger partial charge is 0.478 e. The molecule has 1 amide bonds. The van der Waals surface area contributed by atoms with Crippen LogP contribution in [-0.4, -0.2) is 47.6 Å². The van der Waals surface area contributed by atoms with E-state index in [0.717, 1.165) is 6.07 Å². The Hall–Kier alpha value is -2.39. The van der Waals surface area contributed by atoms with Crippen molar-refractivity contribution >= 4 is 25.3 Å². The zero-order chi connectivity index (χ0) is 22.9. The van der Waals surface area contributed by atoms with Crippen LogP contribution in [0.1, 0.15) is 64.4 Å². The molecule has 30 heavy (non-hydrogen) atoms. The fourth-order valence-corrected chi connectivity index (χ4v) is 2.72. The van der Waals surface area contributed by atoms with Crippen LogP contribution in [0.25, 0.3) is 6.08 Å². The van der Waals surface area contributed by atoms with Gasteiger partial charge in [0.05, 0.1) is 16.8 Å². The number of alkyl carbamates (subject to hydrolysis) is 1. The number of halogens is 1. The summed E-state index contributed by atoms with van der Waals surface area (Å²) in [4.78, 5) is 23.4. The number of hydrogen-bond acceptors (Lipinski definition) is 5. The van der Waals surface area contributed by atoms with Crippen LogP contribution in [0.4, 0.5) is 9.18 Å². The Morgan fingerprint density at radius 1 is 1.17 bits per heavy atom. The standard InChI is InChI=1S/C21H29BFNO6/c1-19(2,3)28-18(27)24-12-15(22-29-20(4,5)21(6,7)30-22)9-13-8-14(17(25)26)11-16(23)10-13/h8-11H,12H2,1-7H3,(H,24,27)(H,25,26). The van der Waals surface area contributed by atoms with Crippen molar-refractivity contribution in [3.05, 3.63) is 40.6 Å². The van der Waals surface area contributed by atoms with E-state index in [-0.39, 0.29) is 12.1 Å². The number of carboxylic acid groups (broad SMARTS) is 1. The van der Waals surface area contributed by atoms with E-state index in [1.165, 1.54) is 12.1 Å². The molecule has 1 aliphatic rings. The largest absolute Gasteiger partial charge is 0.492 e. The molecule has 2 rings (SSSR count). The summed E-state index contributed by atoms with van der Waals surface area (Å²) >= 11 is 0. The van der Waals surface area contributed by atoms with E-state index < -0.39 is 41.8 Å². The molecule has 0 radical (unpaired) electrons. The number of rotatable bonds is 5. The van der Waals surface area contributed by atoms with Crippen LogP contribution in [0.15, 0.2) is 23.7 Å². The predicted molar refractivity (Wildman–Crippen MR) is 112 cm³/mol. The Kier molecular flexibility index (Phi) is 6.68. The van der Waals surface area contributed by atoms with Crippen LogP contribution < -0.4 is 5.32 Å². The first kappa shape index (κ1) is 23.9. The molecule has 0 unspecified atom stereocenters. The van der Waals surface area contributed by atoms with Gasteiger partial charge in [0.1, 0.15) is 11.4 Å². The van der Waals surface area contributed by atoms with Crippen LogP contribution >= 0.6 is 0 Å². The average molecular weight is 421 g/mol. The van der Waals surface area contributed by atoms with E-state index in [0.29, 0.717) is 11.0 Å². The van der Waals surface area contributed by atoms with Gasteiger partial charge in [0.15, 0.2) is 0 Å². The van der Waals surface area contributed by atoms with Crippen molar-refractivity contribution in [3.63, 3.8) is 0 Å². The molecule has 1 aromatic carbocycles. The normalized spacial score (nSPS) is 18.3. The highest BCUT2D eigenvalue weighted by atomic mass is 19.1. The van der Waals surface area contributed by atoms with Gasteiger partial charge in [0.2, 0.25) is 0 Å². The third-order valence-electron chi connectivity index (χ3n) is 4.91. The monoisotopic (exact) mass is 421 g/mol. The lowest BCUT2D eigenvalue weighted by Gasteiger charge is -2.32. The topological polar surface area (TPSA) is 94.1 Å². The van der Waals surface area contributed by atoms with Crippen LogP contribution in [0.5, 0.6) is 0 Å². The van der Waals surface area contributed by atoms with Gasteiger partial charge in [-0.15, -0.1) is 0 Å². The second-order valence-corrected chi connectivity index (χ2v) is 9.24. The van der Waals surface area contributed by atoms with Gasteiger partial charge in [-0.25, -0.2) is 14.0 Å². The van der Waals surface area contributed by atoms with E-state index >= 15 is 0 Å². The van der Waals surface area contributed by atoms with Crippen molar-refractivity contribution in [2.24, 2.45) is 0 Å². The Labute approximate surface area is 176 Å². The lowest BCUT2D eigenvalue weighted by molar-refractivity contribution is 0.00578. The van der Waals surface area contributed by atoms with Gasteiger partial charge < -0.3 is 24.5 Å². The van der Waals surface area contributed by atoms with E-state index in [1.54, 1.807) is 26.8 Å². The molecule has 2 N–H and O–H groups in total. The highest BCUT2D eigenvalue weighted by Gasteiger charge is 2.52. The number of amides is 1. The molecular weight excluding hydrogens is 392 g/mol. The maximum absolute atomic E-state index is 13.9. The fourth-order valence-electron chi connectivity index (χ4n) is 2.72. The minimum absolute atomic E-state index is 0.00462. The lowest BCUT2D eigenvalue weighted by Crippen LogP contribution is -2.41. The Balaban J connectivity index is 2.36. The van der Waals surface area contributed by atoms with Gasteiger partial charge in [-0.1, -0.05) is 6.08 Å². The molecule has 0 aliphatic carbocycles. The number of benzene rings is 1. The second-order valence-electron chi connectivity index (χ2n) is 9.24. The maximum atomic E-state index is 13.9. The molecule has 1 aromatic rings. The molecule has 1 saturated heterocycles.